The van der Waals surface area contributed by atoms with Gasteiger partial charge in [-0.25, -0.2) is 8.42 Å². The predicted molar refractivity (Wildman–Crippen MR) is 71.7 cm³/mol. The van der Waals surface area contributed by atoms with E-state index in [0.717, 1.165) is 5.56 Å². The Hall–Kier alpha value is -1.03. The van der Waals surface area contributed by atoms with Crippen molar-refractivity contribution < 1.29 is 8.42 Å². The molecule has 0 saturated heterocycles. The van der Waals surface area contributed by atoms with E-state index in [1.807, 2.05) is 20.8 Å². The molecule has 0 amide bonds. The fraction of sp³-hybridized carbons (Fsp3) is 0.538. The Balaban J connectivity index is 3.02. The van der Waals surface area contributed by atoms with Crippen LogP contribution in [0.2, 0.25) is 0 Å². The van der Waals surface area contributed by atoms with E-state index in [9.17, 15) is 8.42 Å². The van der Waals surface area contributed by atoms with Crippen LogP contribution in [0.3, 0.4) is 0 Å². The highest BCUT2D eigenvalue weighted by Gasteiger charge is 2.21. The fourth-order valence-corrected chi connectivity index (χ4v) is 3.48. The van der Waals surface area contributed by atoms with Gasteiger partial charge in [0.25, 0.3) is 0 Å². The van der Waals surface area contributed by atoms with Gasteiger partial charge in [-0.2, -0.15) is 0 Å². The molecule has 0 bridgehead atoms. The van der Waals surface area contributed by atoms with E-state index in [1.165, 1.54) is 0 Å². The van der Waals surface area contributed by atoms with E-state index < -0.39 is 9.84 Å². The van der Waals surface area contributed by atoms with Crippen LogP contribution in [0.5, 0.6) is 0 Å². The zero-order valence-electron chi connectivity index (χ0n) is 10.9. The van der Waals surface area contributed by atoms with Crippen molar-refractivity contribution in [1.29, 1.82) is 0 Å². The molecule has 0 aliphatic heterocycles. The minimum atomic E-state index is -3.23. The third-order valence-corrected chi connectivity index (χ3v) is 4.52. The molecule has 0 radical (unpaired) electrons. The number of sulfone groups is 1. The molecule has 0 aromatic heterocycles. The second-order valence-electron chi connectivity index (χ2n) is 5.65. The summed E-state index contributed by atoms with van der Waals surface area (Å²) in [6, 6.07) is 5.02. The Kier molecular flexibility index (Phi) is 3.87. The van der Waals surface area contributed by atoms with Crippen LogP contribution < -0.4 is 5.73 Å². The second kappa shape index (κ2) is 4.69. The molecular weight excluding hydrogens is 234 g/mol. The second-order valence-corrected chi connectivity index (χ2v) is 7.73. The maximum atomic E-state index is 12.2. The molecule has 0 fully saturated rings. The van der Waals surface area contributed by atoms with Gasteiger partial charge in [-0.05, 0) is 36.5 Å². The van der Waals surface area contributed by atoms with Crippen LogP contribution in [0, 0.1) is 12.3 Å². The summed E-state index contributed by atoms with van der Waals surface area (Å²) in [5.74, 6) is 0.167. The summed E-state index contributed by atoms with van der Waals surface area (Å²) in [4.78, 5) is 0.363. The number of hydrogen-bond acceptors (Lipinski definition) is 3. The standard InChI is InChI=1S/C13H21NO2S/c1-10-5-6-11(14)9-12(10)17(15,16)8-7-13(2,3)4/h5-6,9H,7-8,14H2,1-4H3. The number of anilines is 1. The van der Waals surface area contributed by atoms with Gasteiger partial charge in [0.05, 0.1) is 10.6 Å². The maximum absolute atomic E-state index is 12.2. The monoisotopic (exact) mass is 255 g/mol. The molecule has 2 N–H and O–H groups in total. The molecule has 4 heteroatoms. The van der Waals surface area contributed by atoms with E-state index >= 15 is 0 Å². The topological polar surface area (TPSA) is 60.2 Å². The van der Waals surface area contributed by atoms with Crippen molar-refractivity contribution in [2.45, 2.75) is 39.0 Å². The average Bonchev–Trinajstić information content (AvgIpc) is 2.18. The molecule has 1 aromatic carbocycles. The summed E-state index contributed by atoms with van der Waals surface area (Å²) in [7, 11) is -3.23. The van der Waals surface area contributed by atoms with Crippen LogP contribution in [0.4, 0.5) is 5.69 Å². The van der Waals surface area contributed by atoms with E-state index in [0.29, 0.717) is 17.0 Å². The first-order chi connectivity index (χ1) is 7.62. The average molecular weight is 255 g/mol. The van der Waals surface area contributed by atoms with Crippen molar-refractivity contribution in [2.75, 3.05) is 11.5 Å². The molecule has 3 nitrogen and oxygen atoms in total. The third-order valence-electron chi connectivity index (χ3n) is 2.67. The quantitative estimate of drug-likeness (QED) is 0.845. The van der Waals surface area contributed by atoms with E-state index in [4.69, 9.17) is 5.73 Å². The van der Waals surface area contributed by atoms with Crippen LogP contribution in [0.15, 0.2) is 23.1 Å². The minimum absolute atomic E-state index is 0.0152. The summed E-state index contributed by atoms with van der Waals surface area (Å²) in [5.41, 5.74) is 6.91. The van der Waals surface area contributed by atoms with Crippen LogP contribution in [-0.2, 0) is 9.84 Å². The van der Waals surface area contributed by atoms with Gasteiger partial charge < -0.3 is 5.73 Å². The van der Waals surface area contributed by atoms with Gasteiger partial charge in [-0.3, -0.25) is 0 Å². The van der Waals surface area contributed by atoms with Crippen molar-refractivity contribution in [3.63, 3.8) is 0 Å². The highest BCUT2D eigenvalue weighted by Crippen LogP contribution is 2.25. The van der Waals surface area contributed by atoms with Gasteiger partial charge in [-0.15, -0.1) is 0 Å². The summed E-state index contributed by atoms with van der Waals surface area (Å²) in [6.07, 6.45) is 0.642. The van der Waals surface area contributed by atoms with E-state index in [2.05, 4.69) is 0 Å². The molecule has 1 rings (SSSR count). The van der Waals surface area contributed by atoms with Gasteiger partial charge >= 0.3 is 0 Å². The van der Waals surface area contributed by atoms with E-state index in [-0.39, 0.29) is 11.2 Å². The van der Waals surface area contributed by atoms with Gasteiger partial charge in [0, 0.05) is 5.69 Å². The smallest absolute Gasteiger partial charge is 0.178 e. The molecule has 0 unspecified atom stereocenters. The lowest BCUT2D eigenvalue weighted by molar-refractivity contribution is 0.397. The largest absolute Gasteiger partial charge is 0.399 e. The van der Waals surface area contributed by atoms with Gasteiger partial charge in [-0.1, -0.05) is 26.8 Å². The Bertz CT molecular complexity index is 499. The fourth-order valence-electron chi connectivity index (χ4n) is 1.50. The molecule has 0 aliphatic rings. The SMILES string of the molecule is Cc1ccc(N)cc1S(=O)(=O)CCC(C)(C)C. The molecule has 0 spiro atoms. The van der Waals surface area contributed by atoms with Crippen molar-refractivity contribution >= 4 is 15.5 Å². The number of rotatable bonds is 3. The van der Waals surface area contributed by atoms with Crippen molar-refractivity contribution in [3.05, 3.63) is 23.8 Å². The summed E-state index contributed by atoms with van der Waals surface area (Å²) < 4.78 is 24.4. The number of hydrogen-bond donors (Lipinski definition) is 1. The van der Waals surface area contributed by atoms with Crippen LogP contribution in [0.1, 0.15) is 32.8 Å². The molecule has 0 aliphatic carbocycles. The van der Waals surface area contributed by atoms with Crippen molar-refractivity contribution in [1.82, 2.24) is 0 Å². The summed E-state index contributed by atoms with van der Waals surface area (Å²) >= 11 is 0. The Morgan fingerprint density at radius 2 is 1.82 bits per heavy atom. The Morgan fingerprint density at radius 1 is 1.24 bits per heavy atom. The molecule has 17 heavy (non-hydrogen) atoms. The number of aryl methyl sites for hydroxylation is 1. The normalized spacial score (nSPS) is 12.7. The molecule has 0 saturated carbocycles. The highest BCUT2D eigenvalue weighted by molar-refractivity contribution is 7.91. The lowest BCUT2D eigenvalue weighted by atomic mass is 9.94. The molecular formula is C13H21NO2S. The summed E-state index contributed by atoms with van der Waals surface area (Å²) in [5, 5.41) is 0. The first kappa shape index (κ1) is 14.0. The molecule has 0 atom stereocenters. The lowest BCUT2D eigenvalue weighted by Gasteiger charge is -2.18. The molecule has 96 valence electrons. The van der Waals surface area contributed by atoms with Crippen LogP contribution in [-0.4, -0.2) is 14.2 Å². The Morgan fingerprint density at radius 3 is 2.35 bits per heavy atom. The number of nitrogen functional groups attached to an aromatic ring is 1. The molecule has 0 heterocycles. The summed E-state index contributed by atoms with van der Waals surface area (Å²) in [6.45, 7) is 7.90. The minimum Gasteiger partial charge on any atom is -0.399 e. The first-order valence-corrected chi connectivity index (χ1v) is 7.36. The predicted octanol–water partition coefficient (Wildman–Crippen LogP) is 2.79. The number of benzene rings is 1. The van der Waals surface area contributed by atoms with Gasteiger partial charge in [0.1, 0.15) is 0 Å². The van der Waals surface area contributed by atoms with Crippen LogP contribution >= 0.6 is 0 Å². The molecule has 1 aromatic rings. The number of nitrogens with two attached hydrogens (primary N) is 1. The first-order valence-electron chi connectivity index (χ1n) is 5.71. The third kappa shape index (κ3) is 4.04. The van der Waals surface area contributed by atoms with Crippen molar-refractivity contribution in [3.8, 4) is 0 Å². The van der Waals surface area contributed by atoms with Gasteiger partial charge in [0.2, 0.25) is 0 Å². The van der Waals surface area contributed by atoms with Crippen molar-refractivity contribution in [2.24, 2.45) is 5.41 Å². The Labute approximate surface area is 104 Å². The van der Waals surface area contributed by atoms with Gasteiger partial charge in [0.15, 0.2) is 9.84 Å². The highest BCUT2D eigenvalue weighted by atomic mass is 32.2. The van der Waals surface area contributed by atoms with Crippen LogP contribution in [0.25, 0.3) is 0 Å². The zero-order valence-corrected chi connectivity index (χ0v) is 11.8. The maximum Gasteiger partial charge on any atom is 0.178 e. The van der Waals surface area contributed by atoms with E-state index in [1.54, 1.807) is 25.1 Å². The zero-order chi connectivity index (χ0) is 13.3. The lowest BCUT2D eigenvalue weighted by Crippen LogP contribution is -2.15.